The zero-order valence-corrected chi connectivity index (χ0v) is 12.6. The number of halogens is 3. The van der Waals surface area contributed by atoms with Crippen LogP contribution < -0.4 is 4.72 Å². The fourth-order valence-corrected chi connectivity index (χ4v) is 3.16. The van der Waals surface area contributed by atoms with Crippen molar-refractivity contribution in [2.75, 3.05) is 4.72 Å². The van der Waals surface area contributed by atoms with E-state index in [0.29, 0.717) is 12.1 Å². The summed E-state index contributed by atoms with van der Waals surface area (Å²) < 4.78 is 52.5. The van der Waals surface area contributed by atoms with Crippen molar-refractivity contribution in [1.29, 1.82) is 0 Å². The number of nitrogens with one attached hydrogen (secondary N) is 1. The summed E-state index contributed by atoms with van der Waals surface area (Å²) in [5.41, 5.74) is -1.07. The van der Waals surface area contributed by atoms with Crippen molar-refractivity contribution >= 4 is 33.3 Å². The third-order valence-electron chi connectivity index (χ3n) is 2.74. The van der Waals surface area contributed by atoms with Gasteiger partial charge in [0.25, 0.3) is 10.0 Å². The summed E-state index contributed by atoms with van der Waals surface area (Å²) in [6.07, 6.45) is 0. The Morgan fingerprint density at radius 3 is 2.39 bits per heavy atom. The van der Waals surface area contributed by atoms with E-state index in [1.807, 2.05) is 0 Å². The van der Waals surface area contributed by atoms with E-state index in [0.717, 1.165) is 18.2 Å². The third-order valence-corrected chi connectivity index (χ3v) is 4.41. The molecule has 0 aromatic heterocycles. The zero-order valence-electron chi connectivity index (χ0n) is 11.0. The average Bonchev–Trinajstić information content (AvgIpc) is 2.44. The number of anilines is 1. The molecule has 6 nitrogen and oxygen atoms in total. The Labute approximate surface area is 134 Å². The highest BCUT2D eigenvalue weighted by Gasteiger charge is 2.24. The van der Waals surface area contributed by atoms with Gasteiger partial charge in [0, 0.05) is 6.07 Å². The molecule has 2 aromatic rings. The lowest BCUT2D eigenvalue weighted by Gasteiger charge is -2.12. The first-order valence-corrected chi connectivity index (χ1v) is 7.71. The van der Waals surface area contributed by atoms with Gasteiger partial charge in [-0.3, -0.25) is 4.72 Å². The van der Waals surface area contributed by atoms with Gasteiger partial charge in [0.15, 0.2) is 5.75 Å². The number of hydrogen-bond acceptors (Lipinski definition) is 4. The largest absolute Gasteiger partial charge is 0.505 e. The average molecular weight is 364 g/mol. The SMILES string of the molecule is O=C(O)c1cc(Cl)c(O)c(S(=O)(=O)Nc2ccc(F)cc2F)c1. The molecular weight excluding hydrogens is 356 g/mol. The third kappa shape index (κ3) is 3.51. The molecule has 0 aliphatic carbocycles. The lowest BCUT2D eigenvalue weighted by molar-refractivity contribution is 0.0696. The zero-order chi connectivity index (χ0) is 17.4. The van der Waals surface area contributed by atoms with Crippen molar-refractivity contribution in [2.24, 2.45) is 0 Å². The number of phenols is 1. The minimum absolute atomic E-state index is 0.457. The van der Waals surface area contributed by atoms with Crippen molar-refractivity contribution in [3.05, 3.63) is 52.6 Å². The maximum Gasteiger partial charge on any atom is 0.335 e. The first-order chi connectivity index (χ1) is 10.6. The van der Waals surface area contributed by atoms with Gasteiger partial charge in [0.2, 0.25) is 0 Å². The van der Waals surface area contributed by atoms with Gasteiger partial charge < -0.3 is 10.2 Å². The topological polar surface area (TPSA) is 104 Å². The minimum atomic E-state index is -4.57. The molecule has 2 rings (SSSR count). The Morgan fingerprint density at radius 1 is 1.17 bits per heavy atom. The van der Waals surface area contributed by atoms with Crippen LogP contribution in [0.4, 0.5) is 14.5 Å². The van der Waals surface area contributed by atoms with E-state index in [1.165, 1.54) is 0 Å². The van der Waals surface area contributed by atoms with E-state index in [-0.39, 0.29) is 0 Å². The fraction of sp³-hybridized carbons (Fsp3) is 0. The Hall–Kier alpha value is -2.39. The van der Waals surface area contributed by atoms with Crippen molar-refractivity contribution in [2.45, 2.75) is 4.90 Å². The number of sulfonamides is 1. The Kier molecular flexibility index (Phi) is 4.44. The molecule has 0 aliphatic rings. The van der Waals surface area contributed by atoms with Crippen LogP contribution in [0.15, 0.2) is 35.2 Å². The van der Waals surface area contributed by atoms with Crippen molar-refractivity contribution in [1.82, 2.24) is 0 Å². The minimum Gasteiger partial charge on any atom is -0.505 e. The summed E-state index contributed by atoms with van der Waals surface area (Å²) in [6.45, 7) is 0. The Bertz CT molecular complexity index is 901. The Morgan fingerprint density at radius 2 is 1.83 bits per heavy atom. The molecule has 0 spiro atoms. The van der Waals surface area contributed by atoms with E-state index in [1.54, 1.807) is 4.72 Å². The number of aromatic hydroxyl groups is 1. The number of benzene rings is 2. The molecule has 0 unspecified atom stereocenters. The van der Waals surface area contributed by atoms with Crippen LogP contribution in [0.25, 0.3) is 0 Å². The number of carbonyl (C=O) groups is 1. The second kappa shape index (κ2) is 6.01. The molecule has 0 atom stereocenters. The second-order valence-electron chi connectivity index (χ2n) is 4.34. The molecule has 10 heteroatoms. The highest BCUT2D eigenvalue weighted by atomic mass is 35.5. The highest BCUT2D eigenvalue weighted by molar-refractivity contribution is 7.92. The van der Waals surface area contributed by atoms with Crippen LogP contribution in [0.3, 0.4) is 0 Å². The van der Waals surface area contributed by atoms with Crippen molar-refractivity contribution in [3.63, 3.8) is 0 Å². The lowest BCUT2D eigenvalue weighted by atomic mass is 10.2. The summed E-state index contributed by atoms with van der Waals surface area (Å²) in [5, 5.41) is 18.1. The van der Waals surface area contributed by atoms with Gasteiger partial charge in [-0.1, -0.05) is 11.6 Å². The summed E-state index contributed by atoms with van der Waals surface area (Å²) in [7, 11) is -4.57. The second-order valence-corrected chi connectivity index (χ2v) is 6.40. The quantitative estimate of drug-likeness (QED) is 0.775. The smallest absolute Gasteiger partial charge is 0.335 e. The highest BCUT2D eigenvalue weighted by Crippen LogP contribution is 2.33. The van der Waals surface area contributed by atoms with Gasteiger partial charge in [0.1, 0.15) is 16.5 Å². The molecule has 0 saturated heterocycles. The summed E-state index contributed by atoms with van der Waals surface area (Å²) >= 11 is 5.59. The van der Waals surface area contributed by atoms with Crippen LogP contribution in [0.5, 0.6) is 5.75 Å². The number of aromatic carboxylic acids is 1. The maximum absolute atomic E-state index is 13.5. The monoisotopic (exact) mass is 363 g/mol. The van der Waals surface area contributed by atoms with Gasteiger partial charge >= 0.3 is 5.97 Å². The standard InChI is InChI=1S/C13H8ClF2NO5S/c14-8-3-6(13(19)20)4-11(12(8)18)23(21,22)17-10-2-1-7(15)5-9(10)16/h1-5,17-18H,(H,19,20). The molecule has 0 aliphatic heterocycles. The fourth-order valence-electron chi connectivity index (χ4n) is 1.67. The normalized spacial score (nSPS) is 11.3. The molecule has 3 N–H and O–H groups in total. The van der Waals surface area contributed by atoms with E-state index < -0.39 is 54.5 Å². The first-order valence-electron chi connectivity index (χ1n) is 5.85. The predicted molar refractivity (Wildman–Crippen MR) is 77.2 cm³/mol. The lowest BCUT2D eigenvalue weighted by Crippen LogP contribution is -2.15. The summed E-state index contributed by atoms with van der Waals surface area (Å²) in [5.74, 6) is -4.47. The molecule has 2 aromatic carbocycles. The van der Waals surface area contributed by atoms with Gasteiger partial charge in [-0.05, 0) is 24.3 Å². The molecule has 122 valence electrons. The van der Waals surface area contributed by atoms with Crippen LogP contribution in [-0.4, -0.2) is 24.6 Å². The van der Waals surface area contributed by atoms with E-state index in [4.69, 9.17) is 16.7 Å². The number of phenolic OH excluding ortho intramolecular Hbond substituents is 1. The molecule has 0 amide bonds. The van der Waals surface area contributed by atoms with Crippen LogP contribution in [-0.2, 0) is 10.0 Å². The molecule has 0 heterocycles. The number of carboxylic acid groups (broad SMARTS) is 1. The molecule has 0 saturated carbocycles. The molecule has 0 radical (unpaired) electrons. The van der Waals surface area contributed by atoms with Gasteiger partial charge in [-0.25, -0.2) is 22.0 Å². The van der Waals surface area contributed by atoms with Gasteiger partial charge in [0.05, 0.1) is 16.3 Å². The molecule has 0 bridgehead atoms. The van der Waals surface area contributed by atoms with Crippen molar-refractivity contribution in [3.8, 4) is 5.75 Å². The van der Waals surface area contributed by atoms with Crippen molar-refractivity contribution < 1.29 is 32.2 Å². The Balaban J connectivity index is 2.53. The van der Waals surface area contributed by atoms with E-state index in [9.17, 15) is 27.1 Å². The number of carboxylic acids is 1. The van der Waals surface area contributed by atoms with Crippen LogP contribution in [0.2, 0.25) is 5.02 Å². The molecule has 23 heavy (non-hydrogen) atoms. The maximum atomic E-state index is 13.5. The van der Waals surface area contributed by atoms with Crippen LogP contribution >= 0.6 is 11.6 Å². The van der Waals surface area contributed by atoms with Crippen LogP contribution in [0, 0.1) is 11.6 Å². The van der Waals surface area contributed by atoms with Gasteiger partial charge in [-0.2, -0.15) is 0 Å². The first kappa shape index (κ1) is 17.0. The predicted octanol–water partition coefficient (Wildman–Crippen LogP) is 2.82. The number of hydrogen-bond donors (Lipinski definition) is 3. The van der Waals surface area contributed by atoms with E-state index >= 15 is 0 Å². The molecule has 0 fully saturated rings. The summed E-state index contributed by atoms with van der Waals surface area (Å²) in [6, 6.07) is 3.63. The number of rotatable bonds is 4. The van der Waals surface area contributed by atoms with Gasteiger partial charge in [-0.15, -0.1) is 0 Å². The van der Waals surface area contributed by atoms with E-state index in [2.05, 4.69) is 0 Å². The summed E-state index contributed by atoms with van der Waals surface area (Å²) in [4.78, 5) is 10.1. The molecular formula is C13H8ClF2NO5S. The van der Waals surface area contributed by atoms with Crippen LogP contribution in [0.1, 0.15) is 10.4 Å².